The van der Waals surface area contributed by atoms with Gasteiger partial charge in [0.1, 0.15) is 0 Å². The van der Waals surface area contributed by atoms with Crippen LogP contribution in [0.4, 0.5) is 0 Å². The van der Waals surface area contributed by atoms with Crippen LogP contribution in [0.2, 0.25) is 58.9 Å². The molecule has 151 valence electrons. The van der Waals surface area contributed by atoms with E-state index in [1.165, 1.54) is 19.3 Å². The third kappa shape index (κ3) is 4.69. The normalized spacial score (nSPS) is 20.5. The standard InChI is InChI=1S/3C8H13Si.Ce/c3*1-9(2,3)8-6-4-5-7-8;/h3*4,6H,5H2,1-3H3;. The molecule has 0 atom stereocenters. The van der Waals surface area contributed by atoms with Crippen LogP contribution in [0.25, 0.3) is 0 Å². The molecular weight excluding hydrogens is 513 g/mol. The Hall–Kier alpha value is 0.467. The average molecular weight is 552 g/mol. The second-order valence-electron chi connectivity index (χ2n) is 11.6. The molecular formula is C24H39CeSi3. The monoisotopic (exact) mass is 551 g/mol. The first-order valence-electron chi connectivity index (χ1n) is 10.9. The number of allylic oxidation sites excluding steroid dienone is 12. The molecule has 3 aliphatic carbocycles. The van der Waals surface area contributed by atoms with Crippen molar-refractivity contribution in [3.05, 3.63) is 55.3 Å². The summed E-state index contributed by atoms with van der Waals surface area (Å²) < 4.78 is 5.90. The van der Waals surface area contributed by atoms with Crippen LogP contribution in [0.1, 0.15) is 19.3 Å². The molecule has 0 fully saturated rings. The van der Waals surface area contributed by atoms with Gasteiger partial charge < -0.3 is 0 Å². The van der Waals surface area contributed by atoms with Crippen molar-refractivity contribution in [2.45, 2.75) is 78.2 Å². The zero-order valence-corrected chi connectivity index (χ0v) is 25.7. The summed E-state index contributed by atoms with van der Waals surface area (Å²) in [5, 5.41) is 5.45. The Labute approximate surface area is 191 Å². The Morgan fingerprint density at radius 3 is 0.964 bits per heavy atom. The fourth-order valence-corrected chi connectivity index (χ4v) is 32.9. The van der Waals surface area contributed by atoms with Gasteiger partial charge in [0.2, 0.25) is 0 Å². The molecule has 0 saturated carbocycles. The van der Waals surface area contributed by atoms with E-state index in [1.54, 1.807) is 0 Å². The van der Waals surface area contributed by atoms with Crippen molar-refractivity contribution in [2.75, 3.05) is 0 Å². The van der Waals surface area contributed by atoms with Gasteiger partial charge in [-0.2, -0.15) is 0 Å². The Balaban J connectivity index is 2.27. The van der Waals surface area contributed by atoms with Gasteiger partial charge in [-0.1, -0.05) is 0 Å². The SMILES string of the molecule is C[Si](C)(C)C1=[C]([Ce]([C]2=C([Si](C)(C)C)C=CC2)[C]2=C([Si](C)(C)C)C=CC2)CC=C1. The molecule has 0 aliphatic heterocycles. The fourth-order valence-electron chi connectivity index (χ4n) is 4.88. The van der Waals surface area contributed by atoms with E-state index in [0.29, 0.717) is 0 Å². The van der Waals surface area contributed by atoms with E-state index in [-0.39, 0.29) is 0 Å². The van der Waals surface area contributed by atoms with Crippen LogP contribution in [0, 0.1) is 35.5 Å². The van der Waals surface area contributed by atoms with Gasteiger partial charge in [-0.25, -0.2) is 0 Å². The summed E-state index contributed by atoms with van der Waals surface area (Å²) in [6.07, 6.45) is 18.9. The van der Waals surface area contributed by atoms with Gasteiger partial charge in [0.05, 0.1) is 0 Å². The first-order valence-corrected chi connectivity index (χ1v) is 26.1. The van der Waals surface area contributed by atoms with Crippen LogP contribution in [-0.4, -0.2) is 24.2 Å². The Morgan fingerprint density at radius 1 is 0.500 bits per heavy atom. The van der Waals surface area contributed by atoms with E-state index in [2.05, 4.69) is 95.4 Å². The summed E-state index contributed by atoms with van der Waals surface area (Å²) in [5.74, 6) is 0. The molecule has 0 unspecified atom stereocenters. The first kappa shape index (κ1) is 23.1. The van der Waals surface area contributed by atoms with Crippen molar-refractivity contribution in [3.8, 4) is 0 Å². The summed E-state index contributed by atoms with van der Waals surface area (Å²) in [7, 11) is -3.92. The van der Waals surface area contributed by atoms with Crippen molar-refractivity contribution in [1.82, 2.24) is 0 Å². The first-order chi connectivity index (χ1) is 12.8. The van der Waals surface area contributed by atoms with Crippen LogP contribution >= 0.6 is 0 Å². The number of rotatable bonds is 6. The quantitative estimate of drug-likeness (QED) is 0.295. The molecule has 0 radical (unpaired) electrons. The predicted octanol–water partition coefficient (Wildman–Crippen LogP) is 7.88. The van der Waals surface area contributed by atoms with Gasteiger partial charge in [-0.3, -0.25) is 0 Å². The molecule has 0 saturated heterocycles. The summed E-state index contributed by atoms with van der Waals surface area (Å²) in [4.78, 5) is 0. The number of hydrogen-bond donors (Lipinski definition) is 0. The van der Waals surface area contributed by atoms with E-state index in [0.717, 1.165) is 0 Å². The third-order valence-corrected chi connectivity index (χ3v) is 24.9. The summed E-state index contributed by atoms with van der Waals surface area (Å²) in [5.41, 5.74) is 0. The minimum absolute atomic E-state index is 1.26. The Bertz CT molecular complexity index is 730. The Kier molecular flexibility index (Phi) is 6.77. The second-order valence-corrected chi connectivity index (χ2v) is 34.8. The Morgan fingerprint density at radius 2 is 0.750 bits per heavy atom. The van der Waals surface area contributed by atoms with Crippen molar-refractivity contribution < 1.29 is 35.5 Å². The summed E-state index contributed by atoms with van der Waals surface area (Å²) in [6, 6.07) is 0. The van der Waals surface area contributed by atoms with Gasteiger partial charge in [0.25, 0.3) is 0 Å². The molecule has 0 N–H and O–H groups in total. The molecule has 0 aromatic heterocycles. The van der Waals surface area contributed by atoms with E-state index in [4.69, 9.17) is 0 Å². The minimum atomic E-state index is -2.30. The van der Waals surface area contributed by atoms with Gasteiger partial charge in [0, 0.05) is 0 Å². The van der Waals surface area contributed by atoms with Gasteiger partial charge in [-0.15, -0.1) is 0 Å². The second kappa shape index (κ2) is 8.19. The van der Waals surface area contributed by atoms with Crippen molar-refractivity contribution in [1.29, 1.82) is 0 Å². The molecule has 0 aromatic carbocycles. The predicted molar refractivity (Wildman–Crippen MR) is 132 cm³/mol. The summed E-state index contributed by atoms with van der Waals surface area (Å²) in [6.45, 7) is 23.0. The molecule has 3 rings (SSSR count). The van der Waals surface area contributed by atoms with Gasteiger partial charge in [-0.05, 0) is 0 Å². The van der Waals surface area contributed by atoms with Crippen molar-refractivity contribution in [3.63, 3.8) is 0 Å². The van der Waals surface area contributed by atoms with Crippen LogP contribution < -0.4 is 0 Å². The van der Waals surface area contributed by atoms with Gasteiger partial charge >= 0.3 is 193 Å². The molecule has 0 aromatic rings. The van der Waals surface area contributed by atoms with E-state index in [1.807, 2.05) is 18.9 Å². The summed E-state index contributed by atoms with van der Waals surface area (Å²) >= 11 is -2.30. The maximum absolute atomic E-state index is 2.56. The van der Waals surface area contributed by atoms with Crippen LogP contribution in [0.3, 0.4) is 0 Å². The zero-order valence-electron chi connectivity index (χ0n) is 19.6. The topological polar surface area (TPSA) is 0 Å². The third-order valence-electron chi connectivity index (χ3n) is 6.12. The van der Waals surface area contributed by atoms with Crippen LogP contribution in [-0.2, 0) is 0 Å². The molecule has 3 aliphatic rings. The average Bonchev–Trinajstić information content (AvgIpc) is 3.26. The fraction of sp³-hybridized carbons (Fsp3) is 0.500. The van der Waals surface area contributed by atoms with Crippen molar-refractivity contribution >= 4 is 24.2 Å². The molecule has 28 heavy (non-hydrogen) atoms. The molecule has 0 amide bonds. The van der Waals surface area contributed by atoms with Crippen LogP contribution in [0.5, 0.6) is 0 Å². The molecule has 0 bridgehead atoms. The maximum atomic E-state index is 2.56. The van der Waals surface area contributed by atoms with E-state index < -0.39 is 59.7 Å². The van der Waals surface area contributed by atoms with E-state index in [9.17, 15) is 0 Å². The molecule has 4 heteroatoms. The number of hydrogen-bond acceptors (Lipinski definition) is 0. The molecule has 0 nitrogen and oxygen atoms in total. The van der Waals surface area contributed by atoms with Gasteiger partial charge in [0.15, 0.2) is 0 Å². The van der Waals surface area contributed by atoms with Crippen LogP contribution in [0.15, 0.2) is 55.3 Å². The molecule has 0 spiro atoms. The molecule has 0 heterocycles. The van der Waals surface area contributed by atoms with Crippen molar-refractivity contribution in [2.24, 2.45) is 0 Å². The van der Waals surface area contributed by atoms with E-state index >= 15 is 0 Å². The zero-order chi connectivity index (χ0) is 20.9.